The van der Waals surface area contributed by atoms with Crippen LogP contribution < -0.4 is 0 Å². The van der Waals surface area contributed by atoms with Crippen LogP contribution in [0.3, 0.4) is 0 Å². The van der Waals surface area contributed by atoms with Crippen molar-refractivity contribution in [2.24, 2.45) is 0 Å². The summed E-state index contributed by atoms with van der Waals surface area (Å²) < 4.78 is 0. The van der Waals surface area contributed by atoms with Crippen LogP contribution in [0.2, 0.25) is 0 Å². The molecule has 0 unspecified atom stereocenters. The molecule has 0 aliphatic carbocycles. The van der Waals surface area contributed by atoms with E-state index in [1.807, 2.05) is 0 Å². The second-order valence-electron chi connectivity index (χ2n) is 2.83. The van der Waals surface area contributed by atoms with Crippen LogP contribution in [0.5, 0.6) is 0 Å². The molecule has 0 bridgehead atoms. The van der Waals surface area contributed by atoms with Crippen molar-refractivity contribution in [2.75, 3.05) is 6.54 Å². The maximum Gasteiger partial charge on any atom is 0.0435 e. The molecule has 2 heteroatoms. The standard InChI is InChI=1S/C10H11NS/c1-2-5-11(6-3-1)8-10-4-7-12-9-10/h1-5,7,9H,6,8H2. The lowest BCUT2D eigenvalue weighted by Gasteiger charge is -2.19. The van der Waals surface area contributed by atoms with Gasteiger partial charge in [0.15, 0.2) is 0 Å². The van der Waals surface area contributed by atoms with E-state index in [0.29, 0.717) is 0 Å². The molecule has 2 heterocycles. The van der Waals surface area contributed by atoms with Crippen LogP contribution in [0.1, 0.15) is 5.56 Å². The Labute approximate surface area is 76.6 Å². The molecular weight excluding hydrogens is 166 g/mol. The normalized spacial score (nSPS) is 15.5. The maximum atomic E-state index is 2.29. The Morgan fingerprint density at radius 3 is 3.08 bits per heavy atom. The van der Waals surface area contributed by atoms with Crippen molar-refractivity contribution in [1.29, 1.82) is 0 Å². The predicted molar refractivity (Wildman–Crippen MR) is 53.0 cm³/mol. The third kappa shape index (κ3) is 1.77. The Hall–Kier alpha value is -1.02. The molecule has 1 aliphatic rings. The van der Waals surface area contributed by atoms with Gasteiger partial charge in [-0.25, -0.2) is 0 Å². The fraction of sp³-hybridized carbons (Fsp3) is 0.200. The molecule has 1 aliphatic heterocycles. The summed E-state index contributed by atoms with van der Waals surface area (Å²) in [5, 5.41) is 4.32. The smallest absolute Gasteiger partial charge is 0.0435 e. The number of rotatable bonds is 2. The molecule has 12 heavy (non-hydrogen) atoms. The number of thiophene rings is 1. The number of hydrogen-bond donors (Lipinski definition) is 0. The van der Waals surface area contributed by atoms with Gasteiger partial charge in [0.1, 0.15) is 0 Å². The van der Waals surface area contributed by atoms with Gasteiger partial charge in [0.2, 0.25) is 0 Å². The molecule has 1 nitrogen and oxygen atoms in total. The molecule has 2 rings (SSSR count). The van der Waals surface area contributed by atoms with Gasteiger partial charge in [0.25, 0.3) is 0 Å². The number of hydrogen-bond acceptors (Lipinski definition) is 2. The minimum atomic E-state index is 1.03. The number of nitrogens with zero attached hydrogens (tertiary/aromatic N) is 1. The molecule has 0 spiro atoms. The molecule has 1 aromatic rings. The van der Waals surface area contributed by atoms with Crippen LogP contribution in [-0.2, 0) is 6.54 Å². The van der Waals surface area contributed by atoms with E-state index in [-0.39, 0.29) is 0 Å². The van der Waals surface area contributed by atoms with Crippen LogP contribution in [-0.4, -0.2) is 11.4 Å². The van der Waals surface area contributed by atoms with E-state index in [9.17, 15) is 0 Å². The van der Waals surface area contributed by atoms with Crippen molar-refractivity contribution in [1.82, 2.24) is 4.90 Å². The van der Waals surface area contributed by atoms with Crippen molar-refractivity contribution >= 4 is 11.3 Å². The molecular formula is C10H11NS. The first-order valence-electron chi connectivity index (χ1n) is 4.03. The minimum Gasteiger partial charge on any atom is -0.369 e. The first-order chi connectivity index (χ1) is 5.95. The first kappa shape index (κ1) is 7.62. The Morgan fingerprint density at radius 1 is 1.42 bits per heavy atom. The lowest BCUT2D eigenvalue weighted by atomic mass is 10.3. The molecule has 0 saturated carbocycles. The zero-order valence-electron chi connectivity index (χ0n) is 6.81. The Bertz CT molecular complexity index is 285. The third-order valence-electron chi connectivity index (χ3n) is 1.85. The predicted octanol–water partition coefficient (Wildman–Crippen LogP) is 2.63. The summed E-state index contributed by atoms with van der Waals surface area (Å²) in [7, 11) is 0. The highest BCUT2D eigenvalue weighted by Crippen LogP contribution is 2.10. The topological polar surface area (TPSA) is 3.24 Å². The van der Waals surface area contributed by atoms with Crippen molar-refractivity contribution in [2.45, 2.75) is 6.54 Å². The maximum absolute atomic E-state index is 2.29. The van der Waals surface area contributed by atoms with Crippen LogP contribution >= 0.6 is 11.3 Å². The first-order valence-corrected chi connectivity index (χ1v) is 4.98. The fourth-order valence-corrected chi connectivity index (χ4v) is 1.90. The molecule has 0 saturated heterocycles. The summed E-state index contributed by atoms with van der Waals surface area (Å²) in [6.45, 7) is 2.07. The lowest BCUT2D eigenvalue weighted by Crippen LogP contribution is -2.17. The Kier molecular flexibility index (Phi) is 2.28. The average Bonchev–Trinajstić information content (AvgIpc) is 2.59. The molecule has 0 radical (unpaired) electrons. The van der Waals surface area contributed by atoms with Crippen molar-refractivity contribution < 1.29 is 0 Å². The van der Waals surface area contributed by atoms with Gasteiger partial charge in [-0.1, -0.05) is 12.2 Å². The summed E-state index contributed by atoms with van der Waals surface area (Å²) in [5.41, 5.74) is 1.40. The minimum absolute atomic E-state index is 1.03. The average molecular weight is 177 g/mol. The second-order valence-corrected chi connectivity index (χ2v) is 3.61. The van der Waals surface area contributed by atoms with Crippen molar-refractivity contribution in [3.8, 4) is 0 Å². The molecule has 0 N–H and O–H groups in total. The van der Waals surface area contributed by atoms with Crippen molar-refractivity contribution in [3.05, 3.63) is 46.8 Å². The largest absolute Gasteiger partial charge is 0.369 e. The molecule has 0 aromatic carbocycles. The van der Waals surface area contributed by atoms with Crippen LogP contribution in [0.15, 0.2) is 41.3 Å². The van der Waals surface area contributed by atoms with Crippen LogP contribution in [0, 0.1) is 0 Å². The molecule has 0 amide bonds. The highest BCUT2D eigenvalue weighted by molar-refractivity contribution is 7.07. The van der Waals surface area contributed by atoms with Gasteiger partial charge >= 0.3 is 0 Å². The quantitative estimate of drug-likeness (QED) is 0.671. The summed E-state index contributed by atoms with van der Waals surface area (Å²) in [4.78, 5) is 2.29. The molecule has 0 fully saturated rings. The zero-order chi connectivity index (χ0) is 8.23. The van der Waals surface area contributed by atoms with E-state index in [1.54, 1.807) is 11.3 Å². The monoisotopic (exact) mass is 177 g/mol. The number of allylic oxidation sites excluding steroid dienone is 2. The third-order valence-corrected chi connectivity index (χ3v) is 2.58. The van der Waals surface area contributed by atoms with E-state index in [2.05, 4.69) is 46.2 Å². The summed E-state index contributed by atoms with van der Waals surface area (Å²) >= 11 is 1.76. The zero-order valence-corrected chi connectivity index (χ0v) is 7.63. The highest BCUT2D eigenvalue weighted by Gasteiger charge is 2.00. The van der Waals surface area contributed by atoms with Gasteiger partial charge in [-0.3, -0.25) is 0 Å². The van der Waals surface area contributed by atoms with Gasteiger partial charge in [-0.15, -0.1) is 0 Å². The van der Waals surface area contributed by atoms with E-state index in [1.165, 1.54) is 5.56 Å². The highest BCUT2D eigenvalue weighted by atomic mass is 32.1. The van der Waals surface area contributed by atoms with Crippen LogP contribution in [0.4, 0.5) is 0 Å². The van der Waals surface area contributed by atoms with Gasteiger partial charge < -0.3 is 4.90 Å². The second kappa shape index (κ2) is 3.59. The molecule has 1 aromatic heterocycles. The van der Waals surface area contributed by atoms with E-state index in [4.69, 9.17) is 0 Å². The van der Waals surface area contributed by atoms with E-state index in [0.717, 1.165) is 13.1 Å². The Morgan fingerprint density at radius 2 is 2.42 bits per heavy atom. The lowest BCUT2D eigenvalue weighted by molar-refractivity contribution is 0.406. The fourth-order valence-electron chi connectivity index (χ4n) is 1.24. The molecule has 0 atom stereocenters. The summed E-state index contributed by atoms with van der Waals surface area (Å²) in [5.74, 6) is 0. The van der Waals surface area contributed by atoms with Gasteiger partial charge in [-0.2, -0.15) is 11.3 Å². The Balaban J connectivity index is 1.96. The van der Waals surface area contributed by atoms with E-state index >= 15 is 0 Å². The van der Waals surface area contributed by atoms with E-state index < -0.39 is 0 Å². The van der Waals surface area contributed by atoms with Gasteiger partial charge in [0, 0.05) is 13.1 Å². The summed E-state index contributed by atoms with van der Waals surface area (Å²) in [6, 6.07) is 2.18. The SMILES string of the molecule is C1=CCN(Cc2ccsc2)C=C1. The molecule has 62 valence electrons. The van der Waals surface area contributed by atoms with Gasteiger partial charge in [-0.05, 0) is 34.7 Å². The summed E-state index contributed by atoms with van der Waals surface area (Å²) in [6.07, 6.45) is 8.48. The van der Waals surface area contributed by atoms with Crippen molar-refractivity contribution in [3.63, 3.8) is 0 Å². The van der Waals surface area contributed by atoms with Crippen LogP contribution in [0.25, 0.3) is 0 Å². The van der Waals surface area contributed by atoms with Gasteiger partial charge in [0.05, 0.1) is 0 Å².